The average molecular weight is 444 g/mol. The third kappa shape index (κ3) is 9.06. The summed E-state index contributed by atoms with van der Waals surface area (Å²) in [6.45, 7) is 3.64. The van der Waals surface area contributed by atoms with Gasteiger partial charge >= 0.3 is 18.4 Å². The summed E-state index contributed by atoms with van der Waals surface area (Å²) in [6.07, 6.45) is -8.43. The van der Waals surface area contributed by atoms with Crippen LogP contribution in [-0.2, 0) is 9.53 Å². The Balaban J connectivity index is 1.78. The molecule has 0 amide bonds. The van der Waals surface area contributed by atoms with E-state index in [-0.39, 0.29) is 24.4 Å². The Kier molecular flexibility index (Phi) is 8.41. The number of rotatable bonds is 11. The molecule has 0 saturated carbocycles. The molecule has 31 heavy (non-hydrogen) atoms. The van der Waals surface area contributed by atoms with Crippen molar-refractivity contribution in [1.29, 1.82) is 0 Å². The van der Waals surface area contributed by atoms with E-state index in [0.29, 0.717) is 24.2 Å². The molecule has 0 saturated heterocycles. The molecular weight excluding hydrogens is 423 g/mol. The van der Waals surface area contributed by atoms with Crippen LogP contribution in [0.5, 0.6) is 11.5 Å². The molecule has 0 aliphatic heterocycles. The molecule has 0 bridgehead atoms. The summed E-state index contributed by atoms with van der Waals surface area (Å²) in [4.78, 5) is 11.9. The predicted octanol–water partition coefficient (Wildman–Crippen LogP) is 6.37. The van der Waals surface area contributed by atoms with Crippen molar-refractivity contribution < 1.29 is 41.0 Å². The quantitative estimate of drug-likeness (QED) is 0.133. The summed E-state index contributed by atoms with van der Waals surface area (Å²) >= 11 is 0. The highest BCUT2D eigenvalue weighted by Gasteiger charge is 2.39. The first-order valence-electron chi connectivity index (χ1n) is 9.40. The van der Waals surface area contributed by atoms with Crippen LogP contribution in [-0.4, -0.2) is 25.0 Å². The summed E-state index contributed by atoms with van der Waals surface area (Å²) < 4.78 is 77.9. The monoisotopic (exact) mass is 444 g/mol. The Morgan fingerprint density at radius 3 is 2.06 bits per heavy atom. The van der Waals surface area contributed by atoms with E-state index in [9.17, 15) is 26.7 Å². The summed E-state index contributed by atoms with van der Waals surface area (Å²) in [7, 11) is 0. The molecule has 9 heteroatoms. The predicted molar refractivity (Wildman–Crippen MR) is 104 cm³/mol. The van der Waals surface area contributed by atoms with Gasteiger partial charge in [-0.1, -0.05) is 36.9 Å². The molecule has 0 aliphatic carbocycles. The highest BCUT2D eigenvalue weighted by atomic mass is 19.4. The van der Waals surface area contributed by atoms with Crippen molar-refractivity contribution in [2.24, 2.45) is 0 Å². The zero-order valence-electron chi connectivity index (χ0n) is 16.5. The summed E-state index contributed by atoms with van der Waals surface area (Å²) in [5.74, 6) is -1.27. The van der Waals surface area contributed by atoms with Crippen LogP contribution in [0.3, 0.4) is 0 Å². The Hall–Kier alpha value is -3.10. The molecule has 0 heterocycles. The van der Waals surface area contributed by atoms with Crippen molar-refractivity contribution in [3.05, 3.63) is 66.7 Å². The lowest BCUT2D eigenvalue weighted by Gasteiger charge is -2.18. The van der Waals surface area contributed by atoms with Gasteiger partial charge in [0.15, 0.2) is 0 Å². The van der Waals surface area contributed by atoms with Crippen LogP contribution in [0, 0.1) is 0 Å². The van der Waals surface area contributed by atoms with Gasteiger partial charge in [-0.25, -0.2) is 4.79 Å². The second-order valence-corrected chi connectivity index (χ2v) is 6.55. The lowest BCUT2D eigenvalue weighted by molar-refractivity contribution is -0.331. The highest BCUT2D eigenvalue weighted by molar-refractivity contribution is 6.15. The van der Waals surface area contributed by atoms with E-state index in [0.717, 1.165) is 0 Å². The van der Waals surface area contributed by atoms with Gasteiger partial charge in [-0.2, -0.15) is 13.2 Å². The second kappa shape index (κ2) is 10.8. The summed E-state index contributed by atoms with van der Waals surface area (Å²) in [5.41, 5.74) is 0.0889. The molecule has 0 spiro atoms. The summed E-state index contributed by atoms with van der Waals surface area (Å²) in [6, 6.07) is 13.1. The number of hydrogen-bond donors (Lipinski definition) is 0. The van der Waals surface area contributed by atoms with Crippen molar-refractivity contribution in [2.45, 2.75) is 38.2 Å². The van der Waals surface area contributed by atoms with E-state index in [4.69, 9.17) is 4.74 Å². The van der Waals surface area contributed by atoms with Crippen molar-refractivity contribution in [3.63, 3.8) is 0 Å². The van der Waals surface area contributed by atoms with Crippen LogP contribution in [0.1, 0.15) is 31.2 Å². The highest BCUT2D eigenvalue weighted by Crippen LogP contribution is 2.27. The number of alkyl halides is 5. The Morgan fingerprint density at radius 2 is 1.45 bits per heavy atom. The van der Waals surface area contributed by atoms with Crippen LogP contribution < -0.4 is 9.47 Å². The molecule has 0 atom stereocenters. The fourth-order valence-corrected chi connectivity index (χ4v) is 2.48. The van der Waals surface area contributed by atoms with Crippen molar-refractivity contribution in [2.75, 3.05) is 6.61 Å². The van der Waals surface area contributed by atoms with Crippen LogP contribution in [0.4, 0.5) is 22.0 Å². The van der Waals surface area contributed by atoms with Gasteiger partial charge in [0.1, 0.15) is 11.5 Å². The van der Waals surface area contributed by atoms with Crippen molar-refractivity contribution in [3.8, 4) is 11.5 Å². The van der Waals surface area contributed by atoms with Crippen molar-refractivity contribution >= 4 is 11.5 Å². The number of carbonyl (C=O) groups excluding carboxylic acids is 1. The Morgan fingerprint density at radius 1 is 0.839 bits per heavy atom. The number of esters is 1. The third-order valence-electron chi connectivity index (χ3n) is 4.01. The van der Waals surface area contributed by atoms with E-state index in [1.165, 1.54) is 36.4 Å². The maximum atomic E-state index is 13.9. The second-order valence-electron chi connectivity index (χ2n) is 6.55. The fourth-order valence-electron chi connectivity index (χ4n) is 2.48. The molecule has 2 aromatic rings. The molecule has 0 fully saturated rings. The SMILES string of the molecule is C=C(C(=O)OC(F)(F)Oc1ccc(OCCCCCC(F)(F)F)cc1)c1ccccc1. The van der Waals surface area contributed by atoms with Gasteiger partial charge in [-0.3, -0.25) is 0 Å². The van der Waals surface area contributed by atoms with E-state index >= 15 is 0 Å². The number of hydrogen-bond acceptors (Lipinski definition) is 4. The first kappa shape index (κ1) is 24.2. The lowest BCUT2D eigenvalue weighted by Crippen LogP contribution is -2.31. The minimum Gasteiger partial charge on any atom is -0.494 e. The van der Waals surface area contributed by atoms with E-state index < -0.39 is 24.9 Å². The standard InChI is InChI=1S/C22H21F5O4/c1-16(17-8-4-2-5-9-17)20(28)31-22(26,27)30-19-12-10-18(11-13-19)29-15-7-3-6-14-21(23,24)25/h2,4-5,8-13H,1,3,6-7,14-15H2. The van der Waals surface area contributed by atoms with Crippen LogP contribution in [0.15, 0.2) is 61.2 Å². The number of unbranched alkanes of at least 4 members (excludes halogenated alkanes) is 2. The van der Waals surface area contributed by atoms with Crippen molar-refractivity contribution in [1.82, 2.24) is 0 Å². The molecule has 0 radical (unpaired) electrons. The third-order valence-corrected chi connectivity index (χ3v) is 4.01. The van der Waals surface area contributed by atoms with Gasteiger partial charge in [0.25, 0.3) is 0 Å². The van der Waals surface area contributed by atoms with E-state index in [1.54, 1.807) is 18.2 Å². The zero-order valence-corrected chi connectivity index (χ0v) is 16.5. The van der Waals surface area contributed by atoms with Gasteiger partial charge in [-0.15, -0.1) is 8.78 Å². The maximum absolute atomic E-state index is 13.9. The molecule has 2 rings (SSSR count). The minimum atomic E-state index is -4.23. The molecule has 2 aromatic carbocycles. The van der Waals surface area contributed by atoms with Gasteiger partial charge in [0.05, 0.1) is 12.2 Å². The molecule has 168 valence electrons. The molecule has 0 aromatic heterocycles. The molecule has 4 nitrogen and oxygen atoms in total. The molecule has 0 N–H and O–H groups in total. The van der Waals surface area contributed by atoms with Gasteiger partial charge in [0.2, 0.25) is 0 Å². The van der Waals surface area contributed by atoms with Gasteiger partial charge in [-0.05, 0) is 49.1 Å². The van der Waals surface area contributed by atoms with Crippen LogP contribution >= 0.6 is 0 Å². The number of benzene rings is 2. The van der Waals surface area contributed by atoms with Crippen LogP contribution in [0.25, 0.3) is 5.57 Å². The lowest BCUT2D eigenvalue weighted by atomic mass is 10.1. The molecule has 0 aliphatic rings. The normalized spacial score (nSPS) is 11.6. The number of carbonyl (C=O) groups is 1. The average Bonchev–Trinajstić information content (AvgIpc) is 2.70. The Bertz CT molecular complexity index is 848. The first-order valence-corrected chi connectivity index (χ1v) is 9.40. The smallest absolute Gasteiger partial charge is 0.494 e. The largest absolute Gasteiger partial charge is 0.588 e. The summed E-state index contributed by atoms with van der Waals surface area (Å²) in [5, 5.41) is 0. The van der Waals surface area contributed by atoms with E-state index in [2.05, 4.69) is 16.1 Å². The minimum absolute atomic E-state index is 0.0180. The fraction of sp³-hybridized carbons (Fsp3) is 0.318. The maximum Gasteiger partial charge on any atom is 0.588 e. The van der Waals surface area contributed by atoms with E-state index in [1.807, 2.05) is 0 Å². The molecular formula is C22H21F5O4. The zero-order chi connectivity index (χ0) is 22.9. The van der Waals surface area contributed by atoms with Gasteiger partial charge in [0, 0.05) is 6.42 Å². The topological polar surface area (TPSA) is 44.8 Å². The Labute approximate surface area is 176 Å². The van der Waals surface area contributed by atoms with Gasteiger partial charge < -0.3 is 14.2 Å². The number of ether oxygens (including phenoxy) is 3. The first-order chi connectivity index (χ1) is 14.6. The van der Waals surface area contributed by atoms with Crippen LogP contribution in [0.2, 0.25) is 0 Å². The number of halogens is 5. The molecule has 0 unspecified atom stereocenters.